The van der Waals surface area contributed by atoms with Gasteiger partial charge in [0.2, 0.25) is 10.7 Å². The van der Waals surface area contributed by atoms with E-state index in [9.17, 15) is 23.9 Å². The zero-order valence-electron chi connectivity index (χ0n) is 14.8. The van der Waals surface area contributed by atoms with E-state index in [1.807, 2.05) is 0 Å². The van der Waals surface area contributed by atoms with Crippen LogP contribution in [0.2, 0.25) is 0 Å². The first-order valence-corrected chi connectivity index (χ1v) is 9.43. The van der Waals surface area contributed by atoms with Gasteiger partial charge in [-0.3, -0.25) is 9.59 Å². The number of ketones is 1. The number of piperazine rings is 1. The normalized spacial score (nSPS) is 23.7. The Balaban J connectivity index is 1.76. The molecule has 1 N–H and O–H groups in total. The first-order chi connectivity index (χ1) is 13.2. The van der Waals surface area contributed by atoms with E-state index in [1.54, 1.807) is 9.80 Å². The van der Waals surface area contributed by atoms with Gasteiger partial charge in [0.05, 0.1) is 11.4 Å². The van der Waals surface area contributed by atoms with Crippen LogP contribution in [0.4, 0.5) is 10.1 Å². The Morgan fingerprint density at radius 2 is 1.86 bits per heavy atom. The van der Waals surface area contributed by atoms with Crippen LogP contribution in [0.3, 0.4) is 0 Å². The second kappa shape index (κ2) is 6.35. The highest BCUT2D eigenvalue weighted by Gasteiger charge is 2.56. The maximum Gasteiger partial charge on any atom is 0.333 e. The summed E-state index contributed by atoms with van der Waals surface area (Å²) in [7, 11) is 0. The number of hydrogen-bond acceptors (Lipinski definition) is 7. The molecule has 0 bridgehead atoms. The molecule has 1 aliphatic carbocycles. The lowest BCUT2D eigenvalue weighted by Gasteiger charge is -2.39. The number of carbonyl (C=O) groups excluding carboxylic acids is 2. The Morgan fingerprint density at radius 1 is 1.21 bits per heavy atom. The number of amides is 1. The molecule has 4 rings (SSSR count). The fourth-order valence-corrected chi connectivity index (χ4v) is 4.35. The van der Waals surface area contributed by atoms with Crippen LogP contribution in [0.1, 0.15) is 22.8 Å². The number of allylic oxidation sites excluding steroid dienone is 1. The van der Waals surface area contributed by atoms with Crippen molar-refractivity contribution in [2.45, 2.75) is 11.7 Å². The van der Waals surface area contributed by atoms with Gasteiger partial charge in [0.15, 0.2) is 5.78 Å². The molecule has 0 saturated carbocycles. The topological polar surface area (TPSA) is 90.3 Å². The van der Waals surface area contributed by atoms with Gasteiger partial charge in [0.25, 0.3) is 0 Å². The highest BCUT2D eigenvalue weighted by atomic mass is 32.1. The molecule has 2 aliphatic heterocycles. The van der Waals surface area contributed by atoms with Crippen molar-refractivity contribution in [3.8, 4) is 0 Å². The largest absolute Gasteiger partial charge is 0.480 e. The Kier molecular flexibility index (Phi) is 4.31. The van der Waals surface area contributed by atoms with Gasteiger partial charge in [-0.15, -0.1) is 25.3 Å². The van der Waals surface area contributed by atoms with Gasteiger partial charge < -0.3 is 14.9 Å². The standard InChI is InChI=1S/C18H16FN3O4S2/c1-8(23)21-2-4-22(5-3-21)12-7-9-10(6-11(12)19)15(24)18(28,17(25)26)14-13(9)16(27)20-14/h6-7,28H,2-5H2,1H3,(H,20,27)(H,25,26). The number of halogens is 1. The van der Waals surface area contributed by atoms with Crippen LogP contribution in [-0.4, -0.2) is 64.3 Å². The van der Waals surface area contributed by atoms with Gasteiger partial charge >= 0.3 is 5.97 Å². The molecular weight excluding hydrogens is 405 g/mol. The number of carboxylic acids is 1. The summed E-state index contributed by atoms with van der Waals surface area (Å²) in [5, 5.41) is 9.82. The van der Waals surface area contributed by atoms with E-state index in [4.69, 9.17) is 0 Å². The number of thiol groups is 2. The number of carboxylic acid groups (broad SMARTS) is 1. The number of fused-ring (bicyclic) bond motifs is 3. The summed E-state index contributed by atoms with van der Waals surface area (Å²) in [4.78, 5) is 43.5. The summed E-state index contributed by atoms with van der Waals surface area (Å²) < 4.78 is 12.7. The van der Waals surface area contributed by atoms with Crippen LogP contribution in [0, 0.1) is 5.82 Å². The highest BCUT2D eigenvalue weighted by molar-refractivity contribution is 7.86. The van der Waals surface area contributed by atoms with Gasteiger partial charge in [-0.25, -0.2) is 14.2 Å². The Morgan fingerprint density at radius 3 is 2.39 bits per heavy atom. The van der Waals surface area contributed by atoms with Crippen LogP contribution in [0.25, 0.3) is 5.57 Å². The molecule has 1 fully saturated rings. The van der Waals surface area contributed by atoms with Gasteiger partial charge in [-0.05, 0) is 17.7 Å². The molecule has 1 amide bonds. The van der Waals surface area contributed by atoms with E-state index in [-0.39, 0.29) is 27.9 Å². The van der Waals surface area contributed by atoms with Crippen LogP contribution >= 0.6 is 25.3 Å². The minimum atomic E-state index is -2.16. The fourth-order valence-electron chi connectivity index (χ4n) is 3.74. The first kappa shape index (κ1) is 19.0. The number of aliphatic carboxylic acids is 1. The molecule has 28 heavy (non-hydrogen) atoms. The fraction of sp³-hybridized carbons (Fsp3) is 0.333. The van der Waals surface area contributed by atoms with Crippen molar-refractivity contribution in [1.82, 2.24) is 4.90 Å². The Bertz CT molecular complexity index is 1010. The average molecular weight is 421 g/mol. The van der Waals surface area contributed by atoms with E-state index in [1.165, 1.54) is 13.0 Å². The van der Waals surface area contributed by atoms with Crippen LogP contribution in [0.15, 0.2) is 22.2 Å². The molecule has 0 radical (unpaired) electrons. The van der Waals surface area contributed by atoms with Gasteiger partial charge in [0.1, 0.15) is 10.8 Å². The smallest absolute Gasteiger partial charge is 0.333 e. The molecule has 1 aromatic rings. The molecule has 0 aromatic heterocycles. The van der Waals surface area contributed by atoms with E-state index < -0.39 is 22.3 Å². The monoisotopic (exact) mass is 421 g/mol. The molecule has 1 atom stereocenters. The van der Waals surface area contributed by atoms with E-state index in [0.717, 1.165) is 6.07 Å². The lowest BCUT2D eigenvalue weighted by atomic mass is 9.75. The van der Waals surface area contributed by atoms with E-state index in [0.29, 0.717) is 37.3 Å². The summed E-state index contributed by atoms with van der Waals surface area (Å²) in [5.41, 5.74) is 1.05. The molecule has 10 heteroatoms. The van der Waals surface area contributed by atoms with E-state index in [2.05, 4.69) is 30.2 Å². The second-order valence-electron chi connectivity index (χ2n) is 6.85. The van der Waals surface area contributed by atoms with Crippen molar-refractivity contribution in [3.05, 3.63) is 34.1 Å². The molecule has 0 spiro atoms. The van der Waals surface area contributed by atoms with Crippen molar-refractivity contribution in [1.29, 1.82) is 0 Å². The number of benzene rings is 1. The molecule has 1 unspecified atom stereocenters. The summed E-state index contributed by atoms with van der Waals surface area (Å²) in [6.45, 7) is 3.32. The number of hydrogen-bond donors (Lipinski definition) is 3. The third-order valence-corrected chi connectivity index (χ3v) is 6.26. The number of nitrogens with zero attached hydrogens (tertiary/aromatic N) is 3. The summed E-state index contributed by atoms with van der Waals surface area (Å²) in [6, 6.07) is 2.59. The van der Waals surface area contributed by atoms with Crippen molar-refractivity contribution in [3.63, 3.8) is 0 Å². The third kappa shape index (κ3) is 2.51. The first-order valence-electron chi connectivity index (χ1n) is 8.54. The molecule has 2 heterocycles. The Hall–Kier alpha value is -2.33. The van der Waals surface area contributed by atoms with Crippen molar-refractivity contribution in [2.75, 3.05) is 31.1 Å². The SMILES string of the molecule is CC(=O)N1CCN(c2cc3c(cc2F)C(=O)C(S)(C(=O)O)C2=NC(S)=C23)CC1. The molecule has 7 nitrogen and oxygen atoms in total. The second-order valence-corrected chi connectivity index (χ2v) is 7.94. The predicted octanol–water partition coefficient (Wildman–Crippen LogP) is 1.50. The predicted molar refractivity (Wildman–Crippen MR) is 108 cm³/mol. The van der Waals surface area contributed by atoms with Gasteiger partial charge in [-0.1, -0.05) is 0 Å². The number of anilines is 1. The number of aliphatic imine (C=N–C) groups is 1. The van der Waals surface area contributed by atoms with E-state index >= 15 is 0 Å². The zero-order valence-corrected chi connectivity index (χ0v) is 16.6. The van der Waals surface area contributed by atoms with Crippen LogP contribution in [-0.2, 0) is 9.59 Å². The van der Waals surface area contributed by atoms with Crippen molar-refractivity contribution < 1.29 is 23.9 Å². The summed E-state index contributed by atoms with van der Waals surface area (Å²) >= 11 is 8.31. The molecular formula is C18H16FN3O4S2. The Labute approximate surface area is 170 Å². The maximum absolute atomic E-state index is 14.9. The molecule has 1 saturated heterocycles. The quantitative estimate of drug-likeness (QED) is 0.497. The number of rotatable bonds is 2. The summed E-state index contributed by atoms with van der Waals surface area (Å²) in [6.07, 6.45) is 0. The van der Waals surface area contributed by atoms with Crippen LogP contribution < -0.4 is 4.90 Å². The maximum atomic E-state index is 14.9. The molecule has 3 aliphatic rings. The average Bonchev–Trinajstić information content (AvgIpc) is 2.65. The molecule has 1 aromatic carbocycles. The van der Waals surface area contributed by atoms with Gasteiger partial charge in [-0.2, -0.15) is 0 Å². The third-order valence-electron chi connectivity index (χ3n) is 5.33. The van der Waals surface area contributed by atoms with Crippen molar-refractivity contribution >= 4 is 59.9 Å². The number of carbonyl (C=O) groups is 3. The highest BCUT2D eigenvalue weighted by Crippen LogP contribution is 2.47. The number of Topliss-reactive ketones (excluding diaryl/α,β-unsaturated/α-hetero) is 1. The lowest BCUT2D eigenvalue weighted by Crippen LogP contribution is -2.54. The van der Waals surface area contributed by atoms with Gasteiger partial charge in [0, 0.05) is 44.2 Å². The minimum Gasteiger partial charge on any atom is -0.480 e. The molecule has 146 valence electrons. The lowest BCUT2D eigenvalue weighted by molar-refractivity contribution is -0.136. The van der Waals surface area contributed by atoms with Crippen LogP contribution in [0.5, 0.6) is 0 Å². The van der Waals surface area contributed by atoms with Crippen molar-refractivity contribution in [2.24, 2.45) is 4.99 Å². The minimum absolute atomic E-state index is 0.0183. The summed E-state index contributed by atoms with van der Waals surface area (Å²) in [5.74, 6) is -2.96. The zero-order chi connectivity index (χ0) is 20.4.